The van der Waals surface area contributed by atoms with Crippen molar-refractivity contribution in [2.45, 2.75) is 6.92 Å². The van der Waals surface area contributed by atoms with E-state index in [1.807, 2.05) is 13.0 Å². The molecule has 6 nitrogen and oxygen atoms in total. The predicted octanol–water partition coefficient (Wildman–Crippen LogP) is 3.77. The van der Waals surface area contributed by atoms with Crippen LogP contribution in [0.3, 0.4) is 0 Å². The molecule has 2 rings (SSSR count). The van der Waals surface area contributed by atoms with Gasteiger partial charge in [0.15, 0.2) is 0 Å². The SMILES string of the molecule is COc1ccc([N+](=O)[O-])cc1NC(=O)c1ccc(C)c(I)c1. The molecule has 0 spiro atoms. The van der Waals surface area contributed by atoms with Crippen LogP contribution in [0.2, 0.25) is 0 Å². The Morgan fingerprint density at radius 3 is 2.59 bits per heavy atom. The zero-order valence-corrected chi connectivity index (χ0v) is 14.1. The van der Waals surface area contributed by atoms with E-state index in [2.05, 4.69) is 27.9 Å². The molecule has 0 atom stereocenters. The molecule has 0 radical (unpaired) electrons. The average Bonchev–Trinajstić information content (AvgIpc) is 2.49. The maximum atomic E-state index is 12.3. The summed E-state index contributed by atoms with van der Waals surface area (Å²) < 4.78 is 6.09. The summed E-state index contributed by atoms with van der Waals surface area (Å²) in [6.45, 7) is 1.95. The van der Waals surface area contributed by atoms with Gasteiger partial charge >= 0.3 is 0 Å². The molecule has 1 N–H and O–H groups in total. The number of anilines is 1. The van der Waals surface area contributed by atoms with E-state index in [0.29, 0.717) is 11.3 Å². The Bertz CT molecular complexity index is 746. The highest BCUT2D eigenvalue weighted by Crippen LogP contribution is 2.29. The standard InChI is InChI=1S/C15H13IN2O4/c1-9-3-4-10(7-12(9)16)15(19)17-13-8-11(18(20)21)5-6-14(13)22-2/h3-8H,1-2H3,(H,17,19). The van der Waals surface area contributed by atoms with Crippen molar-refractivity contribution < 1.29 is 14.5 Å². The van der Waals surface area contributed by atoms with E-state index >= 15 is 0 Å². The third-order valence-electron chi connectivity index (χ3n) is 3.08. The summed E-state index contributed by atoms with van der Waals surface area (Å²) in [7, 11) is 1.44. The summed E-state index contributed by atoms with van der Waals surface area (Å²) in [5.41, 5.74) is 1.69. The molecular weight excluding hydrogens is 399 g/mol. The van der Waals surface area contributed by atoms with Gasteiger partial charge in [0.25, 0.3) is 11.6 Å². The first-order chi connectivity index (χ1) is 10.4. The third-order valence-corrected chi connectivity index (χ3v) is 4.24. The van der Waals surface area contributed by atoms with E-state index in [-0.39, 0.29) is 17.3 Å². The lowest BCUT2D eigenvalue weighted by molar-refractivity contribution is -0.384. The van der Waals surface area contributed by atoms with Gasteiger partial charge in [0.2, 0.25) is 0 Å². The number of nitro groups is 1. The highest BCUT2D eigenvalue weighted by molar-refractivity contribution is 14.1. The van der Waals surface area contributed by atoms with E-state index < -0.39 is 4.92 Å². The smallest absolute Gasteiger partial charge is 0.271 e. The Balaban J connectivity index is 2.32. The van der Waals surface area contributed by atoms with Crippen LogP contribution in [0.25, 0.3) is 0 Å². The first-order valence-corrected chi connectivity index (χ1v) is 7.40. The van der Waals surface area contributed by atoms with Gasteiger partial charge in [-0.25, -0.2) is 0 Å². The number of rotatable bonds is 4. The van der Waals surface area contributed by atoms with E-state index in [9.17, 15) is 14.9 Å². The summed E-state index contributed by atoms with van der Waals surface area (Å²) in [5.74, 6) is 0.0115. The Morgan fingerprint density at radius 2 is 2.00 bits per heavy atom. The molecule has 0 saturated carbocycles. The zero-order chi connectivity index (χ0) is 16.3. The normalized spacial score (nSPS) is 10.1. The van der Waals surface area contributed by atoms with Crippen LogP contribution in [0.1, 0.15) is 15.9 Å². The molecule has 7 heteroatoms. The predicted molar refractivity (Wildman–Crippen MR) is 91.5 cm³/mol. The number of non-ortho nitro benzene ring substituents is 1. The van der Waals surface area contributed by atoms with Crippen molar-refractivity contribution in [3.63, 3.8) is 0 Å². The minimum absolute atomic E-state index is 0.116. The van der Waals surface area contributed by atoms with Crippen LogP contribution in [-0.4, -0.2) is 17.9 Å². The first-order valence-electron chi connectivity index (χ1n) is 6.32. The number of ether oxygens (including phenoxy) is 1. The molecule has 0 aliphatic carbocycles. The number of nitrogens with zero attached hydrogens (tertiary/aromatic N) is 1. The minimum atomic E-state index is -0.524. The van der Waals surface area contributed by atoms with Crippen LogP contribution in [0, 0.1) is 20.6 Å². The summed E-state index contributed by atoms with van der Waals surface area (Å²) in [6, 6.07) is 9.36. The summed E-state index contributed by atoms with van der Waals surface area (Å²) >= 11 is 2.15. The van der Waals surface area contributed by atoms with Gasteiger partial charge in [-0.05, 0) is 53.3 Å². The van der Waals surface area contributed by atoms with Gasteiger partial charge < -0.3 is 10.1 Å². The van der Waals surface area contributed by atoms with Crippen LogP contribution in [0.5, 0.6) is 5.75 Å². The largest absolute Gasteiger partial charge is 0.495 e. The van der Waals surface area contributed by atoms with Crippen molar-refractivity contribution in [2.75, 3.05) is 12.4 Å². The van der Waals surface area contributed by atoms with Gasteiger partial charge in [0.1, 0.15) is 5.75 Å². The van der Waals surface area contributed by atoms with Gasteiger partial charge in [0, 0.05) is 21.3 Å². The fourth-order valence-corrected chi connectivity index (χ4v) is 2.35. The molecule has 1 amide bonds. The number of hydrogen-bond donors (Lipinski definition) is 1. The van der Waals surface area contributed by atoms with E-state index in [4.69, 9.17) is 4.74 Å². The van der Waals surface area contributed by atoms with Crippen LogP contribution in [0.15, 0.2) is 36.4 Å². The molecular formula is C15H13IN2O4. The Morgan fingerprint density at radius 1 is 1.27 bits per heavy atom. The van der Waals surface area contributed by atoms with Gasteiger partial charge in [-0.15, -0.1) is 0 Å². The molecule has 0 heterocycles. The van der Waals surface area contributed by atoms with Gasteiger partial charge in [-0.2, -0.15) is 0 Å². The number of aryl methyl sites for hydroxylation is 1. The van der Waals surface area contributed by atoms with Gasteiger partial charge in [0.05, 0.1) is 17.7 Å². The first kappa shape index (κ1) is 16.2. The minimum Gasteiger partial charge on any atom is -0.495 e. The quantitative estimate of drug-likeness (QED) is 0.471. The van der Waals surface area contributed by atoms with E-state index in [0.717, 1.165) is 9.13 Å². The van der Waals surface area contributed by atoms with Crippen molar-refractivity contribution >= 4 is 39.9 Å². The lowest BCUT2D eigenvalue weighted by Gasteiger charge is -2.10. The van der Waals surface area contributed by atoms with Crippen LogP contribution >= 0.6 is 22.6 Å². The number of benzene rings is 2. The average molecular weight is 412 g/mol. The lowest BCUT2D eigenvalue weighted by atomic mass is 10.1. The number of nitrogens with one attached hydrogen (secondary N) is 1. The topological polar surface area (TPSA) is 81.5 Å². The Kier molecular flexibility index (Phi) is 4.96. The molecule has 0 fully saturated rings. The number of methoxy groups -OCH3 is 1. The second kappa shape index (κ2) is 6.73. The van der Waals surface area contributed by atoms with Crippen molar-refractivity contribution in [1.82, 2.24) is 0 Å². The molecule has 0 aliphatic heterocycles. The second-order valence-corrected chi connectivity index (χ2v) is 5.72. The molecule has 2 aromatic rings. The molecule has 0 saturated heterocycles. The second-order valence-electron chi connectivity index (χ2n) is 4.56. The van der Waals surface area contributed by atoms with Gasteiger partial charge in [-0.1, -0.05) is 6.07 Å². The van der Waals surface area contributed by atoms with Crippen molar-refractivity contribution in [1.29, 1.82) is 0 Å². The number of halogens is 1. The van der Waals surface area contributed by atoms with Crippen molar-refractivity contribution in [3.05, 3.63) is 61.2 Å². The Hall–Kier alpha value is -2.16. The van der Waals surface area contributed by atoms with Crippen molar-refractivity contribution in [3.8, 4) is 5.75 Å². The number of carbonyl (C=O) groups excluding carboxylic acids is 1. The van der Waals surface area contributed by atoms with Gasteiger partial charge in [-0.3, -0.25) is 14.9 Å². The van der Waals surface area contributed by atoms with E-state index in [1.165, 1.54) is 25.3 Å². The molecule has 22 heavy (non-hydrogen) atoms. The van der Waals surface area contributed by atoms with Crippen molar-refractivity contribution in [2.24, 2.45) is 0 Å². The highest BCUT2D eigenvalue weighted by atomic mass is 127. The maximum Gasteiger partial charge on any atom is 0.271 e. The number of carbonyl (C=O) groups is 1. The monoisotopic (exact) mass is 412 g/mol. The van der Waals surface area contributed by atoms with Crippen LogP contribution in [0.4, 0.5) is 11.4 Å². The fourth-order valence-electron chi connectivity index (χ4n) is 1.84. The maximum absolute atomic E-state index is 12.3. The molecule has 114 valence electrons. The molecule has 0 bridgehead atoms. The summed E-state index contributed by atoms with van der Waals surface area (Å²) in [4.78, 5) is 22.6. The molecule has 0 unspecified atom stereocenters. The molecule has 0 aromatic heterocycles. The zero-order valence-electron chi connectivity index (χ0n) is 11.9. The van der Waals surface area contributed by atoms with Crippen LogP contribution in [-0.2, 0) is 0 Å². The lowest BCUT2D eigenvalue weighted by Crippen LogP contribution is -2.13. The summed E-state index contributed by atoms with van der Waals surface area (Å²) in [6.07, 6.45) is 0. The summed E-state index contributed by atoms with van der Waals surface area (Å²) in [5, 5.41) is 13.5. The highest BCUT2D eigenvalue weighted by Gasteiger charge is 2.15. The number of hydrogen-bond acceptors (Lipinski definition) is 4. The number of nitro benzene ring substituents is 1. The fraction of sp³-hybridized carbons (Fsp3) is 0.133. The number of amides is 1. The molecule has 0 aliphatic rings. The third kappa shape index (κ3) is 3.53. The molecule has 2 aromatic carbocycles. The van der Waals surface area contributed by atoms with E-state index in [1.54, 1.807) is 12.1 Å². The Labute approximate surface area is 140 Å². The van der Waals surface area contributed by atoms with Crippen LogP contribution < -0.4 is 10.1 Å².